The maximum Gasteiger partial charge on any atom is 0.317 e. The Balaban J connectivity index is 1.46. The summed E-state index contributed by atoms with van der Waals surface area (Å²) in [5.41, 5.74) is 0.978. The average Bonchev–Trinajstić information content (AvgIpc) is 3.19. The van der Waals surface area contributed by atoms with Crippen LogP contribution in [0, 0.1) is 5.92 Å². The molecule has 1 N–H and O–H groups in total. The molecule has 1 aliphatic heterocycles. The van der Waals surface area contributed by atoms with Crippen LogP contribution in [-0.2, 0) is 13.1 Å². The minimum Gasteiger partial charge on any atom is -0.493 e. The molecule has 140 valence electrons. The summed E-state index contributed by atoms with van der Waals surface area (Å²) < 4.78 is 12.6. The molecule has 0 atom stereocenters. The SMILES string of the molecule is COc1ccc(CNC(=O)N2CCC(Cn3ccnc3)CC2)cc1OC. The summed E-state index contributed by atoms with van der Waals surface area (Å²) in [6.45, 7) is 3.02. The van der Waals surface area contributed by atoms with Crippen molar-refractivity contribution >= 4 is 6.03 Å². The number of carbonyl (C=O) groups is 1. The average molecular weight is 358 g/mol. The second-order valence-corrected chi connectivity index (χ2v) is 6.54. The molecule has 1 saturated heterocycles. The molecule has 0 aliphatic carbocycles. The molecule has 1 aliphatic rings. The molecule has 1 aromatic carbocycles. The van der Waals surface area contributed by atoms with E-state index in [-0.39, 0.29) is 6.03 Å². The fourth-order valence-electron chi connectivity index (χ4n) is 3.29. The summed E-state index contributed by atoms with van der Waals surface area (Å²) in [7, 11) is 3.21. The number of nitrogens with one attached hydrogen (secondary N) is 1. The quantitative estimate of drug-likeness (QED) is 0.862. The fraction of sp³-hybridized carbons (Fsp3) is 0.474. The predicted molar refractivity (Wildman–Crippen MR) is 98.3 cm³/mol. The number of hydrogen-bond donors (Lipinski definition) is 1. The van der Waals surface area contributed by atoms with Crippen molar-refractivity contribution in [3.05, 3.63) is 42.5 Å². The molecule has 0 radical (unpaired) electrons. The first-order valence-corrected chi connectivity index (χ1v) is 8.89. The zero-order valence-corrected chi connectivity index (χ0v) is 15.4. The van der Waals surface area contributed by atoms with Gasteiger partial charge in [-0.15, -0.1) is 0 Å². The molecule has 2 aromatic rings. The van der Waals surface area contributed by atoms with E-state index >= 15 is 0 Å². The van der Waals surface area contributed by atoms with Crippen molar-refractivity contribution in [2.24, 2.45) is 5.92 Å². The van der Waals surface area contributed by atoms with Gasteiger partial charge in [-0.1, -0.05) is 6.07 Å². The lowest BCUT2D eigenvalue weighted by atomic mass is 9.97. The van der Waals surface area contributed by atoms with E-state index in [1.54, 1.807) is 20.4 Å². The zero-order chi connectivity index (χ0) is 18.4. The number of likely N-dealkylation sites (tertiary alicyclic amines) is 1. The summed E-state index contributed by atoms with van der Waals surface area (Å²) >= 11 is 0. The maximum absolute atomic E-state index is 12.4. The van der Waals surface area contributed by atoms with Gasteiger partial charge in [-0.2, -0.15) is 0 Å². The highest BCUT2D eigenvalue weighted by Gasteiger charge is 2.22. The molecule has 3 rings (SSSR count). The van der Waals surface area contributed by atoms with Crippen LogP contribution in [0.2, 0.25) is 0 Å². The van der Waals surface area contributed by atoms with E-state index < -0.39 is 0 Å². The molecular weight excluding hydrogens is 332 g/mol. The van der Waals surface area contributed by atoms with Crippen molar-refractivity contribution in [3.8, 4) is 11.5 Å². The van der Waals surface area contributed by atoms with Crippen molar-refractivity contribution in [1.82, 2.24) is 19.8 Å². The van der Waals surface area contributed by atoms with Gasteiger partial charge in [-0.3, -0.25) is 0 Å². The third kappa shape index (κ3) is 4.47. The van der Waals surface area contributed by atoms with E-state index in [2.05, 4.69) is 14.9 Å². The summed E-state index contributed by atoms with van der Waals surface area (Å²) in [6, 6.07) is 5.65. The van der Waals surface area contributed by atoms with E-state index in [0.717, 1.165) is 38.0 Å². The Morgan fingerprint density at radius 1 is 1.23 bits per heavy atom. The number of imidazole rings is 1. The van der Waals surface area contributed by atoms with Crippen LogP contribution in [0.5, 0.6) is 11.5 Å². The second kappa shape index (κ2) is 8.60. The van der Waals surface area contributed by atoms with Crippen LogP contribution in [0.3, 0.4) is 0 Å². The number of nitrogens with zero attached hydrogens (tertiary/aromatic N) is 3. The maximum atomic E-state index is 12.4. The van der Waals surface area contributed by atoms with Crippen LogP contribution < -0.4 is 14.8 Å². The van der Waals surface area contributed by atoms with Gasteiger partial charge in [0.25, 0.3) is 0 Å². The first kappa shape index (κ1) is 18.1. The topological polar surface area (TPSA) is 68.6 Å². The van der Waals surface area contributed by atoms with Gasteiger partial charge in [0.1, 0.15) is 0 Å². The van der Waals surface area contributed by atoms with Gasteiger partial charge in [-0.05, 0) is 36.5 Å². The van der Waals surface area contributed by atoms with Crippen molar-refractivity contribution in [1.29, 1.82) is 0 Å². The summed E-state index contributed by atoms with van der Waals surface area (Å²) in [5, 5.41) is 2.99. The highest BCUT2D eigenvalue weighted by molar-refractivity contribution is 5.74. The van der Waals surface area contributed by atoms with Gasteiger partial charge >= 0.3 is 6.03 Å². The van der Waals surface area contributed by atoms with Crippen LogP contribution in [0.15, 0.2) is 36.9 Å². The molecule has 0 spiro atoms. The zero-order valence-electron chi connectivity index (χ0n) is 15.4. The minimum atomic E-state index is -0.0131. The van der Waals surface area contributed by atoms with E-state index in [1.807, 2.05) is 35.6 Å². The van der Waals surface area contributed by atoms with Gasteiger partial charge in [-0.25, -0.2) is 9.78 Å². The van der Waals surface area contributed by atoms with Crippen LogP contribution in [-0.4, -0.2) is 47.8 Å². The van der Waals surface area contributed by atoms with Gasteiger partial charge < -0.3 is 24.3 Å². The molecule has 0 bridgehead atoms. The Kier molecular flexibility index (Phi) is 5.99. The summed E-state index contributed by atoms with van der Waals surface area (Å²) in [4.78, 5) is 18.4. The number of piperidine rings is 1. The van der Waals surface area contributed by atoms with Crippen molar-refractivity contribution in [2.45, 2.75) is 25.9 Å². The molecule has 0 saturated carbocycles. The lowest BCUT2D eigenvalue weighted by molar-refractivity contribution is 0.165. The van der Waals surface area contributed by atoms with E-state index in [9.17, 15) is 4.79 Å². The molecule has 0 unspecified atom stereocenters. The second-order valence-electron chi connectivity index (χ2n) is 6.54. The standard InChI is InChI=1S/C19H26N4O3/c1-25-17-4-3-16(11-18(17)26-2)12-21-19(24)23-8-5-15(6-9-23)13-22-10-7-20-14-22/h3-4,7,10-11,14-15H,5-6,8-9,12-13H2,1-2H3,(H,21,24). The number of hydrogen-bond acceptors (Lipinski definition) is 4. The van der Waals surface area contributed by atoms with Crippen LogP contribution in [0.25, 0.3) is 0 Å². The minimum absolute atomic E-state index is 0.0131. The van der Waals surface area contributed by atoms with Crippen LogP contribution in [0.4, 0.5) is 4.79 Å². The van der Waals surface area contributed by atoms with Crippen molar-refractivity contribution in [2.75, 3.05) is 27.3 Å². The van der Waals surface area contributed by atoms with E-state index in [0.29, 0.717) is 24.0 Å². The number of benzene rings is 1. The Bertz CT molecular complexity index is 710. The monoisotopic (exact) mass is 358 g/mol. The molecule has 1 fully saturated rings. The van der Waals surface area contributed by atoms with Gasteiger partial charge in [0.15, 0.2) is 11.5 Å². The highest BCUT2D eigenvalue weighted by Crippen LogP contribution is 2.27. The smallest absolute Gasteiger partial charge is 0.317 e. The number of rotatable bonds is 6. The highest BCUT2D eigenvalue weighted by atomic mass is 16.5. The van der Waals surface area contributed by atoms with Crippen molar-refractivity contribution < 1.29 is 14.3 Å². The number of amides is 2. The number of methoxy groups -OCH3 is 2. The van der Waals surface area contributed by atoms with Gasteiger partial charge in [0, 0.05) is 38.6 Å². The first-order valence-electron chi connectivity index (χ1n) is 8.89. The number of urea groups is 1. The number of aromatic nitrogens is 2. The number of ether oxygens (including phenoxy) is 2. The molecule has 1 aromatic heterocycles. The molecule has 26 heavy (non-hydrogen) atoms. The normalized spacial score (nSPS) is 14.9. The first-order chi connectivity index (χ1) is 12.7. The van der Waals surface area contributed by atoms with Gasteiger partial charge in [0.2, 0.25) is 0 Å². The van der Waals surface area contributed by atoms with Crippen molar-refractivity contribution in [3.63, 3.8) is 0 Å². The number of carbonyl (C=O) groups excluding carboxylic acids is 1. The fourth-order valence-corrected chi connectivity index (χ4v) is 3.29. The summed E-state index contributed by atoms with van der Waals surface area (Å²) in [6.07, 6.45) is 7.67. The Morgan fingerprint density at radius 2 is 2.00 bits per heavy atom. The van der Waals surface area contributed by atoms with E-state index in [1.165, 1.54) is 0 Å². The summed E-state index contributed by atoms with van der Waals surface area (Å²) in [5.74, 6) is 1.95. The largest absolute Gasteiger partial charge is 0.493 e. The Labute approximate surface area is 153 Å². The van der Waals surface area contributed by atoms with Crippen LogP contribution in [0.1, 0.15) is 18.4 Å². The van der Waals surface area contributed by atoms with E-state index in [4.69, 9.17) is 9.47 Å². The third-order valence-corrected chi connectivity index (χ3v) is 4.82. The molecule has 2 amide bonds. The molecule has 7 heteroatoms. The Morgan fingerprint density at radius 3 is 2.65 bits per heavy atom. The van der Waals surface area contributed by atoms with Crippen LogP contribution >= 0.6 is 0 Å². The molecule has 7 nitrogen and oxygen atoms in total. The third-order valence-electron chi connectivity index (χ3n) is 4.82. The molecular formula is C19H26N4O3. The lowest BCUT2D eigenvalue weighted by Crippen LogP contribution is -2.44. The Hall–Kier alpha value is -2.70. The molecule has 2 heterocycles. The van der Waals surface area contributed by atoms with Gasteiger partial charge in [0.05, 0.1) is 20.5 Å². The predicted octanol–water partition coefficient (Wildman–Crippen LogP) is 2.52. The lowest BCUT2D eigenvalue weighted by Gasteiger charge is -2.32.